The van der Waals surface area contributed by atoms with Crippen LogP contribution in [-0.4, -0.2) is 16.6 Å². The Morgan fingerprint density at radius 3 is 2.50 bits per heavy atom. The molecule has 0 radical (unpaired) electrons. The molecule has 0 amide bonds. The van der Waals surface area contributed by atoms with Crippen LogP contribution in [0.15, 0.2) is 12.7 Å². The highest BCUT2D eigenvalue weighted by Crippen LogP contribution is 2.05. The summed E-state index contributed by atoms with van der Waals surface area (Å²) in [4.78, 5) is 0. The maximum atomic E-state index is 8.92. The van der Waals surface area contributed by atoms with Gasteiger partial charge in [-0.25, -0.2) is 0 Å². The molecule has 0 saturated heterocycles. The molecule has 0 fully saturated rings. The van der Waals surface area contributed by atoms with Gasteiger partial charge in [-0.05, 0) is 6.42 Å². The summed E-state index contributed by atoms with van der Waals surface area (Å²) in [6.45, 7) is 5.32. The molecule has 0 aliphatic carbocycles. The van der Waals surface area contributed by atoms with Crippen molar-refractivity contribution in [1.29, 1.82) is 0 Å². The normalized spacial score (nSPS) is 17.4. The molecule has 0 saturated carbocycles. The van der Waals surface area contributed by atoms with E-state index in [-0.39, 0.29) is 5.38 Å². The SMILES string of the molecule is C=C[C@H](Cl)[C@H](O)CC. The summed E-state index contributed by atoms with van der Waals surface area (Å²) < 4.78 is 0. The van der Waals surface area contributed by atoms with E-state index in [1.165, 1.54) is 6.08 Å². The van der Waals surface area contributed by atoms with E-state index in [4.69, 9.17) is 16.7 Å². The first kappa shape index (κ1) is 7.99. The number of hydrogen-bond acceptors (Lipinski definition) is 1. The Hall–Kier alpha value is -0.0100. The zero-order chi connectivity index (χ0) is 6.57. The molecule has 0 aliphatic rings. The van der Waals surface area contributed by atoms with Gasteiger partial charge < -0.3 is 5.11 Å². The highest BCUT2D eigenvalue weighted by atomic mass is 35.5. The zero-order valence-electron chi connectivity index (χ0n) is 4.97. The van der Waals surface area contributed by atoms with Crippen LogP contribution < -0.4 is 0 Å². The summed E-state index contributed by atoms with van der Waals surface area (Å²) >= 11 is 5.55. The van der Waals surface area contributed by atoms with Gasteiger partial charge in [0.15, 0.2) is 0 Å². The topological polar surface area (TPSA) is 20.2 Å². The second kappa shape index (κ2) is 3.93. The van der Waals surface area contributed by atoms with Crippen LogP contribution in [0.25, 0.3) is 0 Å². The quantitative estimate of drug-likeness (QED) is 0.459. The summed E-state index contributed by atoms with van der Waals surface area (Å²) in [5.74, 6) is 0. The predicted octanol–water partition coefficient (Wildman–Crippen LogP) is 1.55. The van der Waals surface area contributed by atoms with Crippen molar-refractivity contribution >= 4 is 11.6 Å². The third-order valence-corrected chi connectivity index (χ3v) is 1.48. The van der Waals surface area contributed by atoms with Crippen LogP contribution in [-0.2, 0) is 0 Å². The van der Waals surface area contributed by atoms with E-state index in [0.717, 1.165) is 0 Å². The van der Waals surface area contributed by atoms with Crippen LogP contribution in [0.2, 0.25) is 0 Å². The average Bonchev–Trinajstić information content (AvgIpc) is 1.84. The van der Waals surface area contributed by atoms with Crippen molar-refractivity contribution in [2.75, 3.05) is 0 Å². The summed E-state index contributed by atoms with van der Waals surface area (Å²) in [5.41, 5.74) is 0. The Balaban J connectivity index is 3.44. The molecule has 1 N–H and O–H groups in total. The summed E-state index contributed by atoms with van der Waals surface area (Å²) in [7, 11) is 0. The molecule has 0 aromatic heterocycles. The molecule has 1 nitrogen and oxygen atoms in total. The smallest absolute Gasteiger partial charge is 0.0772 e. The molecule has 0 rings (SSSR count). The molecule has 0 heterocycles. The number of aliphatic hydroxyl groups is 1. The molecule has 2 heteroatoms. The van der Waals surface area contributed by atoms with Crippen LogP contribution in [0.3, 0.4) is 0 Å². The van der Waals surface area contributed by atoms with E-state index in [1.54, 1.807) is 0 Å². The molecule has 0 spiro atoms. The maximum Gasteiger partial charge on any atom is 0.0772 e. The molecule has 0 aliphatic heterocycles. The van der Waals surface area contributed by atoms with Crippen molar-refractivity contribution in [3.63, 3.8) is 0 Å². The number of alkyl halides is 1. The van der Waals surface area contributed by atoms with Crippen molar-refractivity contribution < 1.29 is 5.11 Å². The molecule has 48 valence electrons. The summed E-state index contributed by atoms with van der Waals surface area (Å²) in [6, 6.07) is 0. The van der Waals surface area contributed by atoms with Crippen molar-refractivity contribution in [2.45, 2.75) is 24.8 Å². The molecule has 0 bridgehead atoms. The minimum absolute atomic E-state index is 0.292. The molecule has 2 atom stereocenters. The van der Waals surface area contributed by atoms with Gasteiger partial charge in [-0.3, -0.25) is 0 Å². The summed E-state index contributed by atoms with van der Waals surface area (Å²) in [5, 5.41) is 8.63. The van der Waals surface area contributed by atoms with Gasteiger partial charge in [0.05, 0.1) is 11.5 Å². The number of rotatable bonds is 3. The van der Waals surface area contributed by atoms with Crippen molar-refractivity contribution in [2.24, 2.45) is 0 Å². The monoisotopic (exact) mass is 134 g/mol. The minimum atomic E-state index is -0.436. The van der Waals surface area contributed by atoms with E-state index in [1.807, 2.05) is 6.92 Å². The summed E-state index contributed by atoms with van der Waals surface area (Å²) in [6.07, 6.45) is 1.78. The van der Waals surface area contributed by atoms with Gasteiger partial charge in [-0.2, -0.15) is 0 Å². The fourth-order valence-electron chi connectivity index (χ4n) is 0.382. The van der Waals surface area contributed by atoms with Crippen LogP contribution in [0.4, 0.5) is 0 Å². The molecule has 0 aromatic carbocycles. The van der Waals surface area contributed by atoms with Crippen LogP contribution in [0.5, 0.6) is 0 Å². The van der Waals surface area contributed by atoms with Gasteiger partial charge in [-0.15, -0.1) is 18.2 Å². The van der Waals surface area contributed by atoms with E-state index in [2.05, 4.69) is 6.58 Å². The zero-order valence-corrected chi connectivity index (χ0v) is 5.73. The van der Waals surface area contributed by atoms with Gasteiger partial charge in [0, 0.05) is 0 Å². The lowest BCUT2D eigenvalue weighted by atomic mass is 10.2. The van der Waals surface area contributed by atoms with E-state index in [0.29, 0.717) is 6.42 Å². The molecular weight excluding hydrogens is 124 g/mol. The van der Waals surface area contributed by atoms with Gasteiger partial charge in [0.25, 0.3) is 0 Å². The third-order valence-electron chi connectivity index (χ3n) is 1.01. The molecule has 0 aromatic rings. The highest BCUT2D eigenvalue weighted by Gasteiger charge is 2.08. The third kappa shape index (κ3) is 2.34. The van der Waals surface area contributed by atoms with E-state index >= 15 is 0 Å². The first-order chi connectivity index (χ1) is 3.72. The van der Waals surface area contributed by atoms with Crippen molar-refractivity contribution in [3.8, 4) is 0 Å². The van der Waals surface area contributed by atoms with E-state index in [9.17, 15) is 0 Å². The second-order valence-electron chi connectivity index (χ2n) is 1.66. The van der Waals surface area contributed by atoms with Crippen LogP contribution in [0, 0.1) is 0 Å². The largest absolute Gasteiger partial charge is 0.391 e. The lowest BCUT2D eigenvalue weighted by Crippen LogP contribution is -2.16. The molecular formula is C6H11ClO. The Bertz CT molecular complexity index is 72.9. The van der Waals surface area contributed by atoms with Crippen molar-refractivity contribution in [1.82, 2.24) is 0 Å². The fraction of sp³-hybridized carbons (Fsp3) is 0.667. The Morgan fingerprint density at radius 2 is 2.38 bits per heavy atom. The van der Waals surface area contributed by atoms with Gasteiger partial charge in [0.1, 0.15) is 0 Å². The lowest BCUT2D eigenvalue weighted by molar-refractivity contribution is 0.177. The first-order valence-electron chi connectivity index (χ1n) is 2.67. The number of halogens is 1. The fourth-order valence-corrected chi connectivity index (χ4v) is 0.560. The second-order valence-corrected chi connectivity index (χ2v) is 2.16. The Kier molecular flexibility index (Phi) is 3.92. The van der Waals surface area contributed by atoms with Crippen LogP contribution in [0.1, 0.15) is 13.3 Å². The highest BCUT2D eigenvalue weighted by molar-refractivity contribution is 6.22. The van der Waals surface area contributed by atoms with Gasteiger partial charge >= 0.3 is 0 Å². The maximum absolute atomic E-state index is 8.92. The van der Waals surface area contributed by atoms with Crippen LogP contribution >= 0.6 is 11.6 Å². The number of aliphatic hydroxyl groups excluding tert-OH is 1. The standard InChI is InChI=1S/C6H11ClO/c1-3-5(7)6(8)4-2/h3,5-6,8H,1,4H2,2H3/t5-,6+/m0/s1. The van der Waals surface area contributed by atoms with Gasteiger partial charge in [0.2, 0.25) is 0 Å². The average molecular weight is 135 g/mol. The van der Waals surface area contributed by atoms with E-state index < -0.39 is 6.10 Å². The first-order valence-corrected chi connectivity index (χ1v) is 3.10. The number of hydrogen-bond donors (Lipinski definition) is 1. The van der Waals surface area contributed by atoms with Crippen molar-refractivity contribution in [3.05, 3.63) is 12.7 Å². The molecule has 8 heavy (non-hydrogen) atoms. The van der Waals surface area contributed by atoms with Gasteiger partial charge in [-0.1, -0.05) is 13.0 Å². The predicted molar refractivity (Wildman–Crippen MR) is 36.1 cm³/mol. The molecule has 0 unspecified atom stereocenters. The Morgan fingerprint density at radius 1 is 1.88 bits per heavy atom. The lowest BCUT2D eigenvalue weighted by Gasteiger charge is -2.08. The Labute approximate surface area is 55.0 Å². The minimum Gasteiger partial charge on any atom is -0.391 e.